The lowest BCUT2D eigenvalue weighted by Crippen LogP contribution is -2.43. The van der Waals surface area contributed by atoms with Crippen LogP contribution in [0.5, 0.6) is 5.75 Å². The molecule has 0 aromatic heterocycles. The molecule has 1 aromatic carbocycles. The fraction of sp³-hybridized carbons (Fsp3) is 0.571. The monoisotopic (exact) mass is 251 g/mol. The summed E-state index contributed by atoms with van der Waals surface area (Å²) in [4.78, 5) is 0. The molecular weight excluding hydrogens is 233 g/mol. The third kappa shape index (κ3) is 2.10. The summed E-state index contributed by atoms with van der Waals surface area (Å²) in [7, 11) is 0. The van der Waals surface area contributed by atoms with E-state index in [0.717, 1.165) is 43.6 Å². The second-order valence-electron chi connectivity index (χ2n) is 5.24. The number of rotatable bonds is 0. The zero-order chi connectivity index (χ0) is 12.6. The van der Waals surface area contributed by atoms with Gasteiger partial charge in [0, 0.05) is 31.1 Å². The second kappa shape index (κ2) is 4.52. The van der Waals surface area contributed by atoms with Crippen LogP contribution in [-0.2, 0) is 4.74 Å². The van der Waals surface area contributed by atoms with Crippen LogP contribution < -0.4 is 10.5 Å². The van der Waals surface area contributed by atoms with Crippen LogP contribution in [0.25, 0.3) is 0 Å². The summed E-state index contributed by atoms with van der Waals surface area (Å²) in [5, 5.41) is 0. The topological polar surface area (TPSA) is 44.5 Å². The van der Waals surface area contributed by atoms with Crippen molar-refractivity contribution in [3.63, 3.8) is 0 Å². The summed E-state index contributed by atoms with van der Waals surface area (Å²) in [6.45, 7) is 1.50. The molecule has 2 N–H and O–H groups in total. The molecule has 3 nitrogen and oxygen atoms in total. The molecule has 0 saturated carbocycles. The fourth-order valence-corrected chi connectivity index (χ4v) is 2.98. The molecule has 0 amide bonds. The van der Waals surface area contributed by atoms with Crippen molar-refractivity contribution in [2.75, 3.05) is 13.2 Å². The highest BCUT2D eigenvalue weighted by molar-refractivity contribution is 5.39. The Bertz CT molecular complexity index is 441. The average Bonchev–Trinajstić information content (AvgIpc) is 2.56. The maximum atomic E-state index is 13.2. The van der Waals surface area contributed by atoms with Crippen molar-refractivity contribution in [3.8, 4) is 5.75 Å². The van der Waals surface area contributed by atoms with Crippen LogP contribution in [0, 0.1) is 5.82 Å². The van der Waals surface area contributed by atoms with Crippen LogP contribution in [0.2, 0.25) is 0 Å². The largest absolute Gasteiger partial charge is 0.487 e. The predicted octanol–water partition coefficient (Wildman–Crippen LogP) is 2.55. The van der Waals surface area contributed by atoms with Gasteiger partial charge in [-0.15, -0.1) is 0 Å². The van der Waals surface area contributed by atoms with E-state index in [0.29, 0.717) is 6.61 Å². The van der Waals surface area contributed by atoms with Gasteiger partial charge in [0.25, 0.3) is 0 Å². The van der Waals surface area contributed by atoms with E-state index < -0.39 is 0 Å². The molecular formula is C14H18FNO2. The quantitative estimate of drug-likeness (QED) is 0.770. The van der Waals surface area contributed by atoms with Crippen molar-refractivity contribution in [3.05, 3.63) is 29.6 Å². The van der Waals surface area contributed by atoms with Crippen molar-refractivity contribution >= 4 is 0 Å². The normalized spacial score (nSPS) is 31.6. The lowest BCUT2D eigenvalue weighted by atomic mass is 9.82. The first kappa shape index (κ1) is 11.9. The second-order valence-corrected chi connectivity index (χ2v) is 5.24. The van der Waals surface area contributed by atoms with Gasteiger partial charge < -0.3 is 15.2 Å². The Balaban J connectivity index is 1.92. The number of benzene rings is 1. The highest BCUT2D eigenvalue weighted by Crippen LogP contribution is 2.43. The molecule has 1 saturated heterocycles. The van der Waals surface area contributed by atoms with Gasteiger partial charge in [-0.3, -0.25) is 0 Å². The standard InChI is InChI=1S/C14H18FNO2/c15-10-2-3-13-11(8-10)12(16)9-14(18-13)4-1-6-17-7-5-14/h2-3,8,12H,1,4-7,9,16H2/t12-,14?/m1/s1. The van der Waals surface area contributed by atoms with Gasteiger partial charge >= 0.3 is 0 Å². The summed E-state index contributed by atoms with van der Waals surface area (Å²) in [6, 6.07) is 4.46. The van der Waals surface area contributed by atoms with Crippen molar-refractivity contribution in [2.24, 2.45) is 5.73 Å². The Kier molecular flexibility index (Phi) is 2.99. The summed E-state index contributed by atoms with van der Waals surface area (Å²) in [6.07, 6.45) is 3.55. The van der Waals surface area contributed by atoms with Crippen molar-refractivity contribution in [2.45, 2.75) is 37.3 Å². The Morgan fingerprint density at radius 1 is 1.28 bits per heavy atom. The van der Waals surface area contributed by atoms with E-state index in [9.17, 15) is 4.39 Å². The molecule has 18 heavy (non-hydrogen) atoms. The number of halogens is 1. The van der Waals surface area contributed by atoms with Crippen LogP contribution >= 0.6 is 0 Å². The smallest absolute Gasteiger partial charge is 0.125 e. The number of hydrogen-bond donors (Lipinski definition) is 1. The number of hydrogen-bond acceptors (Lipinski definition) is 3. The molecule has 1 fully saturated rings. The van der Waals surface area contributed by atoms with E-state index in [4.69, 9.17) is 15.2 Å². The van der Waals surface area contributed by atoms with Gasteiger partial charge in [0.2, 0.25) is 0 Å². The first-order valence-corrected chi connectivity index (χ1v) is 6.50. The molecule has 0 radical (unpaired) electrons. The van der Waals surface area contributed by atoms with Crippen molar-refractivity contribution in [1.82, 2.24) is 0 Å². The van der Waals surface area contributed by atoms with Gasteiger partial charge in [-0.1, -0.05) is 0 Å². The Morgan fingerprint density at radius 2 is 2.17 bits per heavy atom. The molecule has 98 valence electrons. The van der Waals surface area contributed by atoms with E-state index >= 15 is 0 Å². The van der Waals surface area contributed by atoms with Crippen molar-refractivity contribution in [1.29, 1.82) is 0 Å². The summed E-state index contributed by atoms with van der Waals surface area (Å²) >= 11 is 0. The first-order chi connectivity index (χ1) is 8.69. The SMILES string of the molecule is N[C@@H]1CC2(CCCOCC2)Oc2ccc(F)cc21. The highest BCUT2D eigenvalue weighted by atomic mass is 19.1. The molecule has 0 bridgehead atoms. The van der Waals surface area contributed by atoms with Crippen LogP contribution in [0.15, 0.2) is 18.2 Å². The van der Waals surface area contributed by atoms with Gasteiger partial charge in [0.05, 0.1) is 6.61 Å². The first-order valence-electron chi connectivity index (χ1n) is 6.50. The van der Waals surface area contributed by atoms with Gasteiger partial charge in [-0.2, -0.15) is 0 Å². The van der Waals surface area contributed by atoms with Crippen LogP contribution in [-0.4, -0.2) is 18.8 Å². The van der Waals surface area contributed by atoms with E-state index in [2.05, 4.69) is 0 Å². The molecule has 4 heteroatoms. The van der Waals surface area contributed by atoms with Gasteiger partial charge in [-0.25, -0.2) is 4.39 Å². The summed E-state index contributed by atoms with van der Waals surface area (Å²) in [5.74, 6) is 0.477. The van der Waals surface area contributed by atoms with Crippen LogP contribution in [0.1, 0.15) is 37.3 Å². The summed E-state index contributed by atoms with van der Waals surface area (Å²) in [5.41, 5.74) is 6.75. The molecule has 1 unspecified atom stereocenters. The number of ether oxygens (including phenoxy) is 2. The predicted molar refractivity (Wildman–Crippen MR) is 66.0 cm³/mol. The van der Waals surface area contributed by atoms with Gasteiger partial charge in [-0.05, 0) is 31.0 Å². The molecule has 2 heterocycles. The molecule has 1 spiro atoms. The minimum absolute atomic E-state index is 0.150. The maximum Gasteiger partial charge on any atom is 0.125 e. The zero-order valence-electron chi connectivity index (χ0n) is 10.3. The molecule has 2 aliphatic rings. The van der Waals surface area contributed by atoms with E-state index in [1.165, 1.54) is 12.1 Å². The average molecular weight is 251 g/mol. The highest BCUT2D eigenvalue weighted by Gasteiger charge is 2.40. The summed E-state index contributed by atoms with van der Waals surface area (Å²) < 4.78 is 24.9. The Hall–Kier alpha value is -1.13. The third-order valence-electron chi connectivity index (χ3n) is 3.91. The maximum absolute atomic E-state index is 13.2. The lowest BCUT2D eigenvalue weighted by molar-refractivity contribution is 0.0154. The number of nitrogens with two attached hydrogens (primary N) is 1. The van der Waals surface area contributed by atoms with Crippen LogP contribution in [0.3, 0.4) is 0 Å². The molecule has 1 aromatic rings. The van der Waals surface area contributed by atoms with Crippen LogP contribution in [0.4, 0.5) is 4.39 Å². The van der Waals surface area contributed by atoms with E-state index in [1.807, 2.05) is 0 Å². The molecule has 2 atom stereocenters. The molecule has 3 rings (SSSR count). The minimum atomic E-state index is -0.257. The minimum Gasteiger partial charge on any atom is -0.487 e. The number of fused-ring (bicyclic) bond motifs is 1. The van der Waals surface area contributed by atoms with Crippen molar-refractivity contribution < 1.29 is 13.9 Å². The van der Waals surface area contributed by atoms with E-state index in [-0.39, 0.29) is 17.5 Å². The van der Waals surface area contributed by atoms with Gasteiger partial charge in [0.15, 0.2) is 0 Å². The zero-order valence-corrected chi connectivity index (χ0v) is 10.3. The Labute approximate surface area is 106 Å². The van der Waals surface area contributed by atoms with Gasteiger partial charge in [0.1, 0.15) is 17.2 Å². The molecule has 0 aliphatic carbocycles. The lowest BCUT2D eigenvalue weighted by Gasteiger charge is -2.40. The fourth-order valence-electron chi connectivity index (χ4n) is 2.98. The van der Waals surface area contributed by atoms with E-state index in [1.54, 1.807) is 6.07 Å². The Morgan fingerprint density at radius 3 is 3.06 bits per heavy atom. The molecule has 2 aliphatic heterocycles. The third-order valence-corrected chi connectivity index (χ3v) is 3.91.